The number of aryl methyl sites for hydroxylation is 1. The Labute approximate surface area is 189 Å². The SMILES string of the molecule is Cc1nc(-c2cc(C(F)(F)F)cc(C(F)(F)F)c2)sc1N(c1ccccc1)c1ccccc1. The van der Waals surface area contributed by atoms with E-state index in [9.17, 15) is 26.3 Å². The maximum absolute atomic E-state index is 13.3. The molecule has 0 fully saturated rings. The highest BCUT2D eigenvalue weighted by atomic mass is 32.1. The summed E-state index contributed by atoms with van der Waals surface area (Å²) in [4.78, 5) is 6.21. The van der Waals surface area contributed by atoms with Crippen LogP contribution in [0.15, 0.2) is 78.9 Å². The number of hydrogen-bond acceptors (Lipinski definition) is 3. The number of benzene rings is 3. The molecule has 0 saturated heterocycles. The summed E-state index contributed by atoms with van der Waals surface area (Å²) < 4.78 is 79.9. The van der Waals surface area contributed by atoms with Crippen LogP contribution in [0.3, 0.4) is 0 Å². The molecule has 4 rings (SSSR count). The van der Waals surface area contributed by atoms with E-state index in [1.54, 1.807) is 6.92 Å². The first kappa shape index (κ1) is 22.8. The molecule has 33 heavy (non-hydrogen) atoms. The van der Waals surface area contributed by atoms with Gasteiger partial charge in [-0.15, -0.1) is 0 Å². The van der Waals surface area contributed by atoms with Crippen molar-refractivity contribution in [1.82, 2.24) is 4.98 Å². The van der Waals surface area contributed by atoms with Gasteiger partial charge in [-0.1, -0.05) is 47.7 Å². The lowest BCUT2D eigenvalue weighted by Gasteiger charge is -2.23. The third kappa shape index (κ3) is 4.88. The molecule has 0 aliphatic heterocycles. The Balaban J connectivity index is 1.88. The standard InChI is InChI=1S/C24H16F6N2S/c1-15-22(32(19-8-4-2-5-9-19)20-10-6-3-7-11-20)33-21(31-15)16-12-17(23(25,26)27)14-18(13-16)24(28,29)30/h2-14H,1H3. The highest BCUT2D eigenvalue weighted by Gasteiger charge is 2.37. The first-order valence-electron chi connectivity index (χ1n) is 9.71. The molecular formula is C24H16F6N2S. The lowest BCUT2D eigenvalue weighted by atomic mass is 10.1. The Morgan fingerprint density at radius 3 is 1.58 bits per heavy atom. The van der Waals surface area contributed by atoms with E-state index in [1.165, 1.54) is 0 Å². The predicted octanol–water partition coefficient (Wildman–Crippen LogP) is 8.63. The molecule has 0 aliphatic rings. The lowest BCUT2D eigenvalue weighted by Crippen LogP contribution is -2.11. The van der Waals surface area contributed by atoms with Gasteiger partial charge in [-0.05, 0) is 49.4 Å². The summed E-state index contributed by atoms with van der Waals surface area (Å²) in [5.74, 6) is 0. The number of rotatable bonds is 4. The number of halogens is 6. The second-order valence-corrected chi connectivity index (χ2v) is 8.19. The van der Waals surface area contributed by atoms with Gasteiger partial charge in [0.1, 0.15) is 10.0 Å². The predicted molar refractivity (Wildman–Crippen MR) is 117 cm³/mol. The molecule has 170 valence electrons. The van der Waals surface area contributed by atoms with Gasteiger partial charge in [0.2, 0.25) is 0 Å². The van der Waals surface area contributed by atoms with Crippen LogP contribution >= 0.6 is 11.3 Å². The number of anilines is 3. The van der Waals surface area contributed by atoms with E-state index in [2.05, 4.69) is 4.98 Å². The Bertz CT molecular complexity index is 1180. The molecule has 9 heteroatoms. The molecular weight excluding hydrogens is 462 g/mol. The summed E-state index contributed by atoms with van der Waals surface area (Å²) in [7, 11) is 0. The van der Waals surface area contributed by atoms with Crippen molar-refractivity contribution in [3.8, 4) is 10.6 Å². The molecule has 0 saturated carbocycles. The zero-order valence-corrected chi connectivity index (χ0v) is 17.9. The van der Waals surface area contributed by atoms with Crippen molar-refractivity contribution in [3.05, 3.63) is 95.7 Å². The van der Waals surface area contributed by atoms with Crippen LogP contribution in [-0.4, -0.2) is 4.98 Å². The Morgan fingerprint density at radius 2 is 1.15 bits per heavy atom. The Morgan fingerprint density at radius 1 is 0.697 bits per heavy atom. The summed E-state index contributed by atoms with van der Waals surface area (Å²) in [6.07, 6.45) is -9.85. The van der Waals surface area contributed by atoms with E-state index in [0.29, 0.717) is 22.8 Å². The molecule has 0 bridgehead atoms. The maximum atomic E-state index is 13.3. The quantitative estimate of drug-likeness (QED) is 0.273. The molecule has 2 nitrogen and oxygen atoms in total. The fraction of sp³-hybridized carbons (Fsp3) is 0.125. The van der Waals surface area contributed by atoms with Gasteiger partial charge in [0.05, 0.1) is 16.8 Å². The third-order valence-corrected chi connectivity index (χ3v) is 6.03. The van der Waals surface area contributed by atoms with Crippen LogP contribution in [0, 0.1) is 6.92 Å². The van der Waals surface area contributed by atoms with E-state index < -0.39 is 23.5 Å². The van der Waals surface area contributed by atoms with E-state index in [4.69, 9.17) is 0 Å². The van der Waals surface area contributed by atoms with E-state index >= 15 is 0 Å². The topological polar surface area (TPSA) is 16.1 Å². The molecule has 0 unspecified atom stereocenters. The van der Waals surface area contributed by atoms with E-state index in [0.717, 1.165) is 22.7 Å². The summed E-state index contributed by atoms with van der Waals surface area (Å²) in [5, 5.41) is 0.657. The summed E-state index contributed by atoms with van der Waals surface area (Å²) in [6, 6.07) is 20.0. The molecule has 0 spiro atoms. The van der Waals surface area contributed by atoms with Crippen LogP contribution in [0.4, 0.5) is 42.7 Å². The van der Waals surface area contributed by atoms with Crippen LogP contribution in [0.2, 0.25) is 0 Å². The van der Waals surface area contributed by atoms with Crippen LogP contribution in [-0.2, 0) is 12.4 Å². The Kier molecular flexibility index (Phi) is 5.92. The highest BCUT2D eigenvalue weighted by molar-refractivity contribution is 7.19. The second kappa shape index (κ2) is 8.55. The molecule has 0 N–H and O–H groups in total. The first-order chi connectivity index (χ1) is 15.5. The van der Waals surface area contributed by atoms with E-state index in [-0.39, 0.29) is 16.6 Å². The number of hydrogen-bond donors (Lipinski definition) is 0. The van der Waals surface area contributed by atoms with Crippen LogP contribution in [0.25, 0.3) is 10.6 Å². The fourth-order valence-corrected chi connectivity index (χ4v) is 4.43. The van der Waals surface area contributed by atoms with Gasteiger partial charge in [-0.25, -0.2) is 4.98 Å². The minimum atomic E-state index is -4.93. The van der Waals surface area contributed by atoms with Gasteiger partial charge >= 0.3 is 12.4 Å². The van der Waals surface area contributed by atoms with Crippen molar-refractivity contribution < 1.29 is 26.3 Å². The summed E-state index contributed by atoms with van der Waals surface area (Å²) in [5.41, 5.74) is -0.940. The van der Waals surface area contributed by atoms with Crippen LogP contribution in [0.1, 0.15) is 16.8 Å². The zero-order chi connectivity index (χ0) is 23.8. The van der Waals surface area contributed by atoms with E-state index in [1.807, 2.05) is 65.6 Å². The normalized spacial score (nSPS) is 12.1. The molecule has 0 aliphatic carbocycles. The first-order valence-corrected chi connectivity index (χ1v) is 10.5. The lowest BCUT2D eigenvalue weighted by molar-refractivity contribution is -0.143. The van der Waals surface area contributed by atoms with Crippen LogP contribution < -0.4 is 4.90 Å². The number of aromatic nitrogens is 1. The molecule has 3 aromatic carbocycles. The molecule has 1 heterocycles. The van der Waals surface area contributed by atoms with Gasteiger partial charge in [0, 0.05) is 16.9 Å². The molecule has 0 atom stereocenters. The molecule has 0 radical (unpaired) electrons. The van der Waals surface area contributed by atoms with Gasteiger partial charge in [0.25, 0.3) is 0 Å². The fourth-order valence-electron chi connectivity index (χ4n) is 3.34. The minimum Gasteiger partial charge on any atom is -0.300 e. The monoisotopic (exact) mass is 478 g/mol. The molecule has 1 aromatic heterocycles. The average molecular weight is 478 g/mol. The molecule has 4 aromatic rings. The van der Waals surface area contributed by atoms with Crippen molar-refractivity contribution in [2.24, 2.45) is 0 Å². The van der Waals surface area contributed by atoms with Gasteiger partial charge in [-0.3, -0.25) is 0 Å². The largest absolute Gasteiger partial charge is 0.416 e. The summed E-state index contributed by atoms with van der Waals surface area (Å²) >= 11 is 1.03. The highest BCUT2D eigenvalue weighted by Crippen LogP contribution is 2.44. The third-order valence-electron chi connectivity index (χ3n) is 4.84. The number of alkyl halides is 6. The maximum Gasteiger partial charge on any atom is 0.416 e. The smallest absolute Gasteiger partial charge is 0.300 e. The Hall–Kier alpha value is -3.33. The zero-order valence-electron chi connectivity index (χ0n) is 17.1. The second-order valence-electron chi connectivity index (χ2n) is 7.21. The number of para-hydroxylation sites is 2. The van der Waals surface area contributed by atoms with Crippen LogP contribution in [0.5, 0.6) is 0 Å². The van der Waals surface area contributed by atoms with Crippen molar-refractivity contribution in [1.29, 1.82) is 0 Å². The number of nitrogens with zero attached hydrogens (tertiary/aromatic N) is 2. The van der Waals surface area contributed by atoms with Crippen molar-refractivity contribution in [2.75, 3.05) is 4.90 Å². The summed E-state index contributed by atoms with van der Waals surface area (Å²) in [6.45, 7) is 1.67. The van der Waals surface area contributed by atoms with Gasteiger partial charge in [0.15, 0.2) is 0 Å². The van der Waals surface area contributed by atoms with Gasteiger partial charge in [-0.2, -0.15) is 26.3 Å². The minimum absolute atomic E-state index is 0.0657. The molecule has 0 amide bonds. The van der Waals surface area contributed by atoms with Crippen molar-refractivity contribution >= 4 is 27.7 Å². The van der Waals surface area contributed by atoms with Crippen molar-refractivity contribution in [2.45, 2.75) is 19.3 Å². The number of thiazole rings is 1. The van der Waals surface area contributed by atoms with Gasteiger partial charge < -0.3 is 4.90 Å². The average Bonchev–Trinajstić information content (AvgIpc) is 3.15. The van der Waals surface area contributed by atoms with Crippen molar-refractivity contribution in [3.63, 3.8) is 0 Å².